The summed E-state index contributed by atoms with van der Waals surface area (Å²) in [4.78, 5) is 5.35. The Morgan fingerprint density at radius 1 is 1.33 bits per heavy atom. The Balaban J connectivity index is 2.11. The van der Waals surface area contributed by atoms with Crippen LogP contribution in [0.2, 0.25) is 0 Å². The van der Waals surface area contributed by atoms with E-state index in [-0.39, 0.29) is 0 Å². The van der Waals surface area contributed by atoms with Gasteiger partial charge in [-0.15, -0.1) is 11.3 Å². The van der Waals surface area contributed by atoms with Crippen molar-refractivity contribution in [1.29, 1.82) is 0 Å². The molecule has 0 bridgehead atoms. The topological polar surface area (TPSA) is 33.1 Å². The van der Waals surface area contributed by atoms with E-state index in [2.05, 4.69) is 4.98 Å². The van der Waals surface area contributed by atoms with Crippen LogP contribution < -0.4 is 0 Å². The molecule has 2 nitrogen and oxygen atoms in total. The first-order valence-corrected chi connectivity index (χ1v) is 6.30. The highest BCUT2D eigenvalue weighted by Crippen LogP contribution is 2.29. The number of aliphatic hydroxyl groups is 1. The molecule has 15 heavy (non-hydrogen) atoms. The van der Waals surface area contributed by atoms with E-state index < -0.39 is 6.10 Å². The zero-order valence-corrected chi connectivity index (χ0v) is 9.89. The summed E-state index contributed by atoms with van der Waals surface area (Å²) in [5, 5.41) is 11.3. The second-order valence-corrected chi connectivity index (χ2v) is 5.36. The molecule has 1 N–H and O–H groups in total. The number of aromatic nitrogens is 1. The van der Waals surface area contributed by atoms with Gasteiger partial charge in [0.15, 0.2) is 4.34 Å². The Kier molecular flexibility index (Phi) is 3.41. The molecular formula is C11H11NOS2. The van der Waals surface area contributed by atoms with Crippen molar-refractivity contribution in [3.63, 3.8) is 0 Å². The number of nitrogens with zero attached hydrogens (tertiary/aromatic N) is 1. The van der Waals surface area contributed by atoms with Gasteiger partial charge in [0.1, 0.15) is 0 Å². The van der Waals surface area contributed by atoms with E-state index in [0.717, 1.165) is 14.8 Å². The van der Waals surface area contributed by atoms with Crippen molar-refractivity contribution < 1.29 is 5.11 Å². The molecule has 0 aliphatic carbocycles. The monoisotopic (exact) mass is 237 g/mol. The summed E-state index contributed by atoms with van der Waals surface area (Å²) in [5.74, 6) is 0. The van der Waals surface area contributed by atoms with Gasteiger partial charge in [0.25, 0.3) is 0 Å². The highest BCUT2D eigenvalue weighted by Gasteiger charge is 2.02. The summed E-state index contributed by atoms with van der Waals surface area (Å²) in [5.41, 5.74) is 0.943. The minimum atomic E-state index is -0.399. The second kappa shape index (κ2) is 4.79. The van der Waals surface area contributed by atoms with Crippen molar-refractivity contribution in [3.8, 4) is 0 Å². The molecule has 4 heteroatoms. The molecule has 0 radical (unpaired) electrons. The molecule has 0 aliphatic rings. The zero-order valence-electron chi connectivity index (χ0n) is 8.25. The Bertz CT molecular complexity index is 409. The molecule has 0 amide bonds. The Morgan fingerprint density at radius 2 is 2.07 bits per heavy atom. The van der Waals surface area contributed by atoms with E-state index in [1.165, 1.54) is 0 Å². The fraction of sp³-hybridized carbons (Fsp3) is 0.182. The SMILES string of the molecule is C[C@H](O)c1ccc(Sc2nccs2)cc1. The van der Waals surface area contributed by atoms with Gasteiger partial charge in [-0.25, -0.2) is 4.98 Å². The summed E-state index contributed by atoms with van der Waals surface area (Å²) in [6, 6.07) is 7.91. The molecule has 1 atom stereocenters. The second-order valence-electron chi connectivity index (χ2n) is 3.15. The van der Waals surface area contributed by atoms with Crippen LogP contribution >= 0.6 is 23.1 Å². The molecule has 1 aromatic carbocycles. The van der Waals surface area contributed by atoms with Crippen LogP contribution in [0.4, 0.5) is 0 Å². The average molecular weight is 237 g/mol. The lowest BCUT2D eigenvalue weighted by atomic mass is 10.1. The normalized spacial score (nSPS) is 12.7. The number of thiazole rings is 1. The molecule has 2 rings (SSSR count). The minimum Gasteiger partial charge on any atom is -0.389 e. The van der Waals surface area contributed by atoms with Crippen LogP contribution in [0.1, 0.15) is 18.6 Å². The number of hydrogen-bond donors (Lipinski definition) is 1. The Hall–Kier alpha value is -0.840. The molecule has 2 aromatic rings. The van der Waals surface area contributed by atoms with Crippen LogP contribution in [-0.4, -0.2) is 10.1 Å². The van der Waals surface area contributed by atoms with Crippen molar-refractivity contribution in [2.75, 3.05) is 0 Å². The van der Waals surface area contributed by atoms with Gasteiger partial charge in [-0.05, 0) is 24.6 Å². The lowest BCUT2D eigenvalue weighted by Crippen LogP contribution is -1.89. The van der Waals surface area contributed by atoms with E-state index in [4.69, 9.17) is 0 Å². The van der Waals surface area contributed by atoms with Gasteiger partial charge >= 0.3 is 0 Å². The van der Waals surface area contributed by atoms with E-state index in [1.807, 2.05) is 29.6 Å². The maximum Gasteiger partial charge on any atom is 0.154 e. The highest BCUT2D eigenvalue weighted by atomic mass is 32.2. The van der Waals surface area contributed by atoms with Crippen molar-refractivity contribution in [2.24, 2.45) is 0 Å². The van der Waals surface area contributed by atoms with Crippen molar-refractivity contribution >= 4 is 23.1 Å². The van der Waals surface area contributed by atoms with Crippen LogP contribution in [-0.2, 0) is 0 Å². The molecule has 0 aliphatic heterocycles. The molecule has 0 fully saturated rings. The molecule has 78 valence electrons. The highest BCUT2D eigenvalue weighted by molar-refractivity contribution is 8.01. The van der Waals surface area contributed by atoms with E-state index >= 15 is 0 Å². The number of aliphatic hydroxyl groups excluding tert-OH is 1. The van der Waals surface area contributed by atoms with E-state index in [9.17, 15) is 5.11 Å². The van der Waals surface area contributed by atoms with Crippen LogP contribution in [0, 0.1) is 0 Å². The summed E-state index contributed by atoms with van der Waals surface area (Å²) in [7, 11) is 0. The predicted molar refractivity (Wildman–Crippen MR) is 63.3 cm³/mol. The van der Waals surface area contributed by atoms with Gasteiger partial charge in [0.05, 0.1) is 6.10 Å². The van der Waals surface area contributed by atoms with Gasteiger partial charge in [0, 0.05) is 16.5 Å². The van der Waals surface area contributed by atoms with Crippen molar-refractivity contribution in [3.05, 3.63) is 41.4 Å². The third-order valence-electron chi connectivity index (χ3n) is 1.98. The first-order chi connectivity index (χ1) is 7.25. The van der Waals surface area contributed by atoms with Crippen LogP contribution in [0.25, 0.3) is 0 Å². The Morgan fingerprint density at radius 3 is 2.60 bits per heavy atom. The minimum absolute atomic E-state index is 0.399. The number of hydrogen-bond acceptors (Lipinski definition) is 4. The fourth-order valence-electron chi connectivity index (χ4n) is 1.18. The lowest BCUT2D eigenvalue weighted by molar-refractivity contribution is 0.199. The van der Waals surface area contributed by atoms with Crippen molar-refractivity contribution in [2.45, 2.75) is 22.3 Å². The van der Waals surface area contributed by atoms with Gasteiger partial charge in [0.2, 0.25) is 0 Å². The largest absolute Gasteiger partial charge is 0.389 e. The van der Waals surface area contributed by atoms with Crippen LogP contribution in [0.3, 0.4) is 0 Å². The first kappa shape index (κ1) is 10.7. The molecular weight excluding hydrogens is 226 g/mol. The third-order valence-corrected chi connectivity index (χ3v) is 3.87. The maximum atomic E-state index is 9.35. The third kappa shape index (κ3) is 2.81. The van der Waals surface area contributed by atoms with Gasteiger partial charge in [-0.3, -0.25) is 0 Å². The molecule has 0 unspecified atom stereocenters. The van der Waals surface area contributed by atoms with Gasteiger partial charge in [-0.2, -0.15) is 0 Å². The molecule has 1 aromatic heterocycles. The lowest BCUT2D eigenvalue weighted by Gasteiger charge is -2.04. The molecule has 1 heterocycles. The first-order valence-electron chi connectivity index (χ1n) is 4.61. The standard InChI is InChI=1S/C11H11NOS2/c1-8(13)9-2-4-10(5-3-9)15-11-12-6-7-14-11/h2-8,13H,1H3/t8-/m0/s1. The quantitative estimate of drug-likeness (QED) is 0.888. The summed E-state index contributed by atoms with van der Waals surface area (Å²) in [6.45, 7) is 1.77. The molecule has 0 spiro atoms. The smallest absolute Gasteiger partial charge is 0.154 e. The van der Waals surface area contributed by atoms with Crippen LogP contribution in [0.5, 0.6) is 0 Å². The fourth-order valence-corrected chi connectivity index (χ4v) is 2.77. The Labute approximate surface area is 97.0 Å². The summed E-state index contributed by atoms with van der Waals surface area (Å²) < 4.78 is 1.04. The zero-order chi connectivity index (χ0) is 10.7. The number of rotatable bonds is 3. The predicted octanol–water partition coefficient (Wildman–Crippen LogP) is 3.35. The average Bonchev–Trinajstić information content (AvgIpc) is 2.71. The molecule has 0 saturated carbocycles. The van der Waals surface area contributed by atoms with Crippen LogP contribution in [0.15, 0.2) is 45.1 Å². The van der Waals surface area contributed by atoms with Gasteiger partial charge < -0.3 is 5.11 Å². The van der Waals surface area contributed by atoms with E-state index in [0.29, 0.717) is 0 Å². The molecule has 0 saturated heterocycles. The van der Waals surface area contributed by atoms with Gasteiger partial charge in [-0.1, -0.05) is 23.9 Å². The van der Waals surface area contributed by atoms with E-state index in [1.54, 1.807) is 36.2 Å². The summed E-state index contributed by atoms with van der Waals surface area (Å²) in [6.07, 6.45) is 1.40. The maximum absolute atomic E-state index is 9.35. The summed E-state index contributed by atoms with van der Waals surface area (Å²) >= 11 is 3.27. The van der Waals surface area contributed by atoms with Crippen molar-refractivity contribution in [1.82, 2.24) is 4.98 Å². The number of benzene rings is 1.